The van der Waals surface area contributed by atoms with Crippen molar-refractivity contribution in [1.29, 1.82) is 0 Å². The van der Waals surface area contributed by atoms with Gasteiger partial charge in [0, 0.05) is 51.2 Å². The number of benzene rings is 3. The standard InChI is InChI=1S/C22H20NS.C18H21FN.Ir/c1-22(2,3)14-15-11-12-23-19(13-15)18-9-6-8-17-16-7-4-5-10-20(16)24-21(17)18;1-12-6-7-15(16(19)8-12)17-9-14(10-18(3,4)5)13(2)11-20-17;/h4-8,10-13H,14H2,1-3H3;6,8-9,11H,10H2,1-5H3;/q2*-1;/i;1D3,2D3;. The zero-order valence-electron chi connectivity index (χ0n) is 32.4. The van der Waals surface area contributed by atoms with E-state index in [0.717, 1.165) is 23.7 Å². The second-order valence-corrected chi connectivity index (χ2v) is 14.6. The number of aromatic nitrogens is 2. The van der Waals surface area contributed by atoms with Crippen LogP contribution in [-0.2, 0) is 32.9 Å². The molecule has 3 heterocycles. The minimum absolute atomic E-state index is 0. The molecule has 2 nitrogen and oxygen atoms in total. The van der Waals surface area contributed by atoms with Crippen LogP contribution in [0, 0.1) is 42.5 Å². The van der Waals surface area contributed by atoms with Crippen LogP contribution in [0.3, 0.4) is 0 Å². The van der Waals surface area contributed by atoms with Crippen molar-refractivity contribution in [3.05, 3.63) is 119 Å². The molecule has 0 spiro atoms. The van der Waals surface area contributed by atoms with E-state index in [2.05, 4.69) is 85.3 Å². The van der Waals surface area contributed by atoms with Gasteiger partial charge in [-0.3, -0.25) is 4.39 Å². The van der Waals surface area contributed by atoms with Crippen molar-refractivity contribution in [2.75, 3.05) is 0 Å². The van der Waals surface area contributed by atoms with E-state index < -0.39 is 19.5 Å². The van der Waals surface area contributed by atoms with Gasteiger partial charge in [-0.2, -0.15) is 11.3 Å². The van der Waals surface area contributed by atoms with E-state index in [1.807, 2.05) is 44.4 Å². The molecule has 45 heavy (non-hydrogen) atoms. The summed E-state index contributed by atoms with van der Waals surface area (Å²) < 4.78 is 62.1. The predicted molar refractivity (Wildman–Crippen MR) is 186 cm³/mol. The number of fused-ring (bicyclic) bond motifs is 3. The summed E-state index contributed by atoms with van der Waals surface area (Å²) >= 11 is 1.83. The smallest absolute Gasteiger partial charge is 0.0383 e. The zero-order valence-corrected chi connectivity index (χ0v) is 29.6. The Hall–Kier alpha value is -3.24. The topological polar surface area (TPSA) is 25.8 Å². The van der Waals surface area contributed by atoms with Crippen molar-refractivity contribution in [3.63, 3.8) is 0 Å². The summed E-state index contributed by atoms with van der Waals surface area (Å²) in [5.74, 6) is -0.755. The maximum Gasteiger partial charge on any atom is 0.0383 e. The van der Waals surface area contributed by atoms with Gasteiger partial charge in [-0.25, -0.2) is 0 Å². The summed E-state index contributed by atoms with van der Waals surface area (Å²) in [5, 5.41) is 2.62. The first-order valence-corrected chi connectivity index (χ1v) is 15.5. The third-order valence-electron chi connectivity index (χ3n) is 7.01. The van der Waals surface area contributed by atoms with Crippen LogP contribution >= 0.6 is 11.3 Å². The number of pyridine rings is 2. The van der Waals surface area contributed by atoms with Gasteiger partial charge in [0.25, 0.3) is 0 Å². The van der Waals surface area contributed by atoms with Gasteiger partial charge in [0.2, 0.25) is 0 Å². The molecule has 0 aliphatic carbocycles. The third-order valence-corrected chi connectivity index (χ3v) is 8.22. The number of aryl methyl sites for hydroxylation is 2. The van der Waals surface area contributed by atoms with Crippen LogP contribution in [0.25, 0.3) is 42.7 Å². The van der Waals surface area contributed by atoms with Crippen molar-refractivity contribution in [2.45, 2.75) is 68.1 Å². The van der Waals surface area contributed by atoms with Gasteiger partial charge in [-0.05, 0) is 69.7 Å². The molecule has 5 heteroatoms. The number of halogens is 1. The first-order valence-electron chi connectivity index (χ1n) is 17.7. The first-order chi connectivity index (χ1) is 23.2. The van der Waals surface area contributed by atoms with Crippen LogP contribution in [0.4, 0.5) is 4.39 Å². The Labute approximate surface area is 294 Å². The molecule has 0 saturated heterocycles. The molecule has 0 aliphatic heterocycles. The Morgan fingerprint density at radius 2 is 1.58 bits per heavy atom. The SMILES string of the molecule is CC(C)(C)Cc1ccnc(-c2[c-]ccc3c2sc2ccccc23)c1.[2H]C([2H])([2H])c1c[c-]c(-c2cc(CC(C)(C)C)c(C([2H])([2H])[2H])cn2)c(F)c1.[Ir]. The fraction of sp³-hybridized carbons (Fsp3) is 0.300. The second-order valence-electron chi connectivity index (χ2n) is 13.6. The van der Waals surface area contributed by atoms with Gasteiger partial charge in [0.05, 0.1) is 0 Å². The molecule has 0 N–H and O–H groups in total. The molecule has 0 saturated carbocycles. The third kappa shape index (κ3) is 8.73. The number of nitrogens with zero attached hydrogens (tertiary/aromatic N) is 2. The normalized spacial score (nSPS) is 14.2. The molecule has 1 radical (unpaired) electrons. The molecule has 0 fully saturated rings. The molecule has 0 atom stereocenters. The summed E-state index contributed by atoms with van der Waals surface area (Å²) in [5.41, 5.74) is 4.37. The monoisotopic (exact) mass is 799 g/mol. The Kier molecular flexibility index (Phi) is 8.40. The summed E-state index contributed by atoms with van der Waals surface area (Å²) in [4.78, 5) is 8.72. The van der Waals surface area contributed by atoms with Gasteiger partial charge < -0.3 is 9.97 Å². The Morgan fingerprint density at radius 1 is 0.822 bits per heavy atom. The first kappa shape index (κ1) is 26.9. The molecule has 3 aromatic carbocycles. The summed E-state index contributed by atoms with van der Waals surface area (Å²) in [6.45, 7) is 8.01. The van der Waals surface area contributed by atoms with Gasteiger partial charge in [0.1, 0.15) is 0 Å². The van der Waals surface area contributed by atoms with Crippen LogP contribution in [0.5, 0.6) is 0 Å². The summed E-state index contributed by atoms with van der Waals surface area (Å²) in [6.07, 6.45) is 4.70. The van der Waals surface area contributed by atoms with E-state index in [0.29, 0.717) is 12.0 Å². The fourth-order valence-corrected chi connectivity index (χ4v) is 6.44. The van der Waals surface area contributed by atoms with Crippen molar-refractivity contribution < 1.29 is 32.7 Å². The van der Waals surface area contributed by atoms with Crippen LogP contribution < -0.4 is 0 Å². The minimum Gasteiger partial charge on any atom is -0.305 e. The van der Waals surface area contributed by atoms with Crippen LogP contribution in [0.1, 0.15) is 72.0 Å². The molecule has 3 aromatic heterocycles. The fourth-order valence-electron chi connectivity index (χ4n) is 5.23. The van der Waals surface area contributed by atoms with Crippen LogP contribution in [0.2, 0.25) is 0 Å². The average Bonchev–Trinajstić information content (AvgIpc) is 3.38. The molecule has 6 aromatic rings. The Bertz CT molecular complexity index is 2140. The van der Waals surface area contributed by atoms with Gasteiger partial charge >= 0.3 is 0 Å². The Morgan fingerprint density at radius 3 is 2.29 bits per heavy atom. The number of thiophene rings is 1. The largest absolute Gasteiger partial charge is 0.305 e. The van der Waals surface area contributed by atoms with E-state index in [-0.39, 0.29) is 53.3 Å². The summed E-state index contributed by atoms with van der Waals surface area (Å²) in [7, 11) is 0. The van der Waals surface area contributed by atoms with Crippen molar-refractivity contribution in [2.24, 2.45) is 10.8 Å². The van der Waals surface area contributed by atoms with Gasteiger partial charge in [-0.15, -0.1) is 47.5 Å². The summed E-state index contributed by atoms with van der Waals surface area (Å²) in [6, 6.07) is 26.9. The maximum absolute atomic E-state index is 14.4. The van der Waals surface area contributed by atoms with E-state index >= 15 is 0 Å². The Balaban J connectivity index is 0.000000225. The average molecular weight is 799 g/mol. The van der Waals surface area contributed by atoms with E-state index in [1.165, 1.54) is 38.0 Å². The van der Waals surface area contributed by atoms with Gasteiger partial charge in [-0.1, -0.05) is 101 Å². The molecule has 235 valence electrons. The zero-order chi connectivity index (χ0) is 36.6. The van der Waals surface area contributed by atoms with E-state index in [1.54, 1.807) is 6.07 Å². The second kappa shape index (κ2) is 14.0. The van der Waals surface area contributed by atoms with Crippen molar-refractivity contribution in [1.82, 2.24) is 9.97 Å². The minimum atomic E-state index is -2.42. The maximum atomic E-state index is 14.4. The predicted octanol–water partition coefficient (Wildman–Crippen LogP) is 11.4. The number of hydrogen-bond donors (Lipinski definition) is 0. The molecule has 0 amide bonds. The van der Waals surface area contributed by atoms with E-state index in [4.69, 9.17) is 8.22 Å². The molecule has 0 unspecified atom stereocenters. The van der Waals surface area contributed by atoms with Crippen LogP contribution in [0.15, 0.2) is 79.1 Å². The number of hydrogen-bond acceptors (Lipinski definition) is 3. The molecule has 0 bridgehead atoms. The quantitative estimate of drug-likeness (QED) is 0.166. The molecule has 0 aliphatic rings. The van der Waals surface area contributed by atoms with Crippen molar-refractivity contribution >= 4 is 31.5 Å². The van der Waals surface area contributed by atoms with Gasteiger partial charge in [0.15, 0.2) is 0 Å². The molecule has 6 rings (SSSR count). The molecular weight excluding hydrogens is 752 g/mol. The molecular formula is C40H41FIrN2S-2. The number of rotatable bonds is 4. The van der Waals surface area contributed by atoms with E-state index in [9.17, 15) is 4.39 Å². The van der Waals surface area contributed by atoms with Crippen LogP contribution in [-0.4, -0.2) is 9.97 Å². The van der Waals surface area contributed by atoms with Crippen molar-refractivity contribution in [3.8, 4) is 22.5 Å².